The van der Waals surface area contributed by atoms with Gasteiger partial charge in [-0.15, -0.1) is 0 Å². The Morgan fingerprint density at radius 1 is 1.15 bits per heavy atom. The van der Waals surface area contributed by atoms with Gasteiger partial charge in [-0.3, -0.25) is 9.88 Å². The number of pyridine rings is 1. The minimum Gasteiger partial charge on any atom is -0.445 e. The number of amides is 1. The molecule has 1 unspecified atom stereocenters. The van der Waals surface area contributed by atoms with Crippen LogP contribution in [-0.2, 0) is 17.3 Å². The number of carbonyl (C=O) groups is 1. The molecule has 176 valence electrons. The first-order valence-electron chi connectivity index (χ1n) is 11.5. The van der Waals surface area contributed by atoms with E-state index in [4.69, 9.17) is 4.74 Å². The Balaban J connectivity index is 1.34. The summed E-state index contributed by atoms with van der Waals surface area (Å²) in [4.78, 5) is 18.6. The number of nitrogens with one attached hydrogen (secondary N) is 1. The fourth-order valence-electron chi connectivity index (χ4n) is 5.61. The highest BCUT2D eigenvalue weighted by Crippen LogP contribution is 2.46. The molecule has 1 aromatic heterocycles. The molecule has 1 amide bonds. The number of rotatable bonds is 3. The fourth-order valence-corrected chi connectivity index (χ4v) is 5.61. The topological polar surface area (TPSA) is 54.5 Å². The van der Waals surface area contributed by atoms with E-state index in [2.05, 4.69) is 29.0 Å². The molecule has 3 fully saturated rings. The van der Waals surface area contributed by atoms with Crippen molar-refractivity contribution in [3.05, 3.63) is 53.3 Å². The first-order valence-corrected chi connectivity index (χ1v) is 11.5. The summed E-state index contributed by atoms with van der Waals surface area (Å²) >= 11 is 0. The number of alkyl carbamates (subject to hydrolysis) is 1. The molecule has 5 nitrogen and oxygen atoms in total. The van der Waals surface area contributed by atoms with Crippen LogP contribution in [0.4, 0.5) is 18.0 Å². The second-order valence-electron chi connectivity index (χ2n) is 10.2. The molecule has 2 aromatic rings. The Morgan fingerprint density at radius 3 is 2.55 bits per heavy atom. The lowest BCUT2D eigenvalue weighted by atomic mass is 9.85. The number of hydrogen-bond donors (Lipinski definition) is 1. The van der Waals surface area contributed by atoms with Crippen LogP contribution in [0.1, 0.15) is 49.6 Å². The minimum atomic E-state index is -4.49. The van der Waals surface area contributed by atoms with Crippen LogP contribution in [0, 0.1) is 11.3 Å². The van der Waals surface area contributed by atoms with Crippen LogP contribution in [0.3, 0.4) is 0 Å². The normalized spacial score (nSPS) is 27.8. The molecule has 1 aliphatic carbocycles. The van der Waals surface area contributed by atoms with Gasteiger partial charge in [0.05, 0.1) is 6.04 Å². The minimum absolute atomic E-state index is 0.0617. The largest absolute Gasteiger partial charge is 0.445 e. The highest BCUT2D eigenvalue weighted by atomic mass is 19.4. The molecule has 1 N–H and O–H groups in total. The standard InChI is InChI=1S/C25H28F3N3O2/c1-24(2)13-18-11-16(17-5-8-29-21(12-17)25(26,27)28)3-4-19(18)22(24)30-23(32)33-20-14-31-9-6-15(20)7-10-31/h3-5,8,11-12,15,20,22H,6-7,9-10,13-14H2,1-2H3,(H,30,32)/t20-,22?/m1/s1. The third-order valence-electron chi connectivity index (χ3n) is 7.38. The lowest BCUT2D eigenvalue weighted by Crippen LogP contribution is -2.53. The number of fused-ring (bicyclic) bond motifs is 4. The first-order chi connectivity index (χ1) is 15.6. The van der Waals surface area contributed by atoms with Gasteiger partial charge in [-0.1, -0.05) is 32.0 Å². The molecule has 33 heavy (non-hydrogen) atoms. The molecule has 6 rings (SSSR count). The number of alkyl halides is 3. The predicted octanol–water partition coefficient (Wildman–Crippen LogP) is 5.21. The summed E-state index contributed by atoms with van der Waals surface area (Å²) in [5.74, 6) is 0.439. The van der Waals surface area contributed by atoms with Crippen molar-refractivity contribution in [1.82, 2.24) is 15.2 Å². The number of aromatic nitrogens is 1. The maximum atomic E-state index is 13.1. The van der Waals surface area contributed by atoms with E-state index < -0.39 is 18.0 Å². The van der Waals surface area contributed by atoms with Crippen LogP contribution in [0.25, 0.3) is 11.1 Å². The van der Waals surface area contributed by atoms with Crippen LogP contribution in [0.5, 0.6) is 0 Å². The highest BCUT2D eigenvalue weighted by Gasteiger charge is 2.42. The van der Waals surface area contributed by atoms with Crippen LogP contribution in [-0.4, -0.2) is 41.7 Å². The van der Waals surface area contributed by atoms with Crippen molar-refractivity contribution < 1.29 is 22.7 Å². The molecular weight excluding hydrogens is 431 g/mol. The van der Waals surface area contributed by atoms with E-state index in [1.54, 1.807) is 6.07 Å². The summed E-state index contributed by atoms with van der Waals surface area (Å²) in [7, 11) is 0. The van der Waals surface area contributed by atoms with Gasteiger partial charge in [-0.05, 0) is 78.1 Å². The van der Waals surface area contributed by atoms with Gasteiger partial charge in [0.1, 0.15) is 11.8 Å². The third kappa shape index (κ3) is 4.33. The summed E-state index contributed by atoms with van der Waals surface area (Å²) in [6.45, 7) is 7.14. The summed E-state index contributed by atoms with van der Waals surface area (Å²) in [5.41, 5.74) is 2.03. The molecule has 4 heterocycles. The summed E-state index contributed by atoms with van der Waals surface area (Å²) in [6, 6.07) is 8.07. The molecule has 2 bridgehead atoms. The van der Waals surface area contributed by atoms with Crippen molar-refractivity contribution in [2.75, 3.05) is 19.6 Å². The van der Waals surface area contributed by atoms with E-state index in [0.29, 0.717) is 23.5 Å². The van der Waals surface area contributed by atoms with Gasteiger partial charge in [0, 0.05) is 12.7 Å². The monoisotopic (exact) mass is 459 g/mol. The zero-order valence-electron chi connectivity index (χ0n) is 18.8. The van der Waals surface area contributed by atoms with E-state index in [1.165, 1.54) is 6.20 Å². The average molecular weight is 460 g/mol. The van der Waals surface area contributed by atoms with Gasteiger partial charge in [-0.2, -0.15) is 13.2 Å². The molecule has 3 saturated heterocycles. The van der Waals surface area contributed by atoms with Crippen LogP contribution >= 0.6 is 0 Å². The van der Waals surface area contributed by atoms with Crippen molar-refractivity contribution in [1.29, 1.82) is 0 Å². The van der Waals surface area contributed by atoms with E-state index in [1.807, 2.05) is 18.2 Å². The zero-order valence-corrected chi connectivity index (χ0v) is 18.8. The Bertz CT molecular complexity index is 1060. The molecule has 2 atom stereocenters. The predicted molar refractivity (Wildman–Crippen MR) is 117 cm³/mol. The maximum absolute atomic E-state index is 13.1. The van der Waals surface area contributed by atoms with Gasteiger partial charge in [-0.25, -0.2) is 4.79 Å². The summed E-state index contributed by atoms with van der Waals surface area (Å²) in [5, 5.41) is 3.08. The molecular formula is C25H28F3N3O2. The fraction of sp³-hybridized carbons (Fsp3) is 0.520. The van der Waals surface area contributed by atoms with E-state index >= 15 is 0 Å². The molecule has 0 spiro atoms. The molecule has 0 radical (unpaired) electrons. The van der Waals surface area contributed by atoms with Gasteiger partial charge in [0.2, 0.25) is 0 Å². The van der Waals surface area contributed by atoms with Crippen molar-refractivity contribution in [2.45, 2.75) is 51.4 Å². The Morgan fingerprint density at radius 2 is 1.88 bits per heavy atom. The SMILES string of the molecule is CC1(C)Cc2cc(-c3ccnc(C(F)(F)F)c3)ccc2C1NC(=O)O[C@@H]1CN2CCC1CC2. The molecule has 0 saturated carbocycles. The maximum Gasteiger partial charge on any atom is 0.433 e. The third-order valence-corrected chi connectivity index (χ3v) is 7.38. The number of piperidine rings is 3. The molecule has 8 heteroatoms. The Hall–Kier alpha value is -2.61. The van der Waals surface area contributed by atoms with Crippen LogP contribution in [0.2, 0.25) is 0 Å². The van der Waals surface area contributed by atoms with Crippen molar-refractivity contribution >= 4 is 6.09 Å². The van der Waals surface area contributed by atoms with Crippen LogP contribution in [0.15, 0.2) is 36.5 Å². The van der Waals surface area contributed by atoms with E-state index in [-0.39, 0.29) is 17.6 Å². The number of hydrogen-bond acceptors (Lipinski definition) is 4. The Labute approximate surface area is 191 Å². The smallest absolute Gasteiger partial charge is 0.433 e. The van der Waals surface area contributed by atoms with Gasteiger partial charge in [0.25, 0.3) is 0 Å². The number of benzene rings is 1. The summed E-state index contributed by atoms with van der Waals surface area (Å²) < 4.78 is 45.1. The lowest BCUT2D eigenvalue weighted by Gasteiger charge is -2.44. The van der Waals surface area contributed by atoms with E-state index in [9.17, 15) is 18.0 Å². The van der Waals surface area contributed by atoms with Crippen molar-refractivity contribution in [2.24, 2.45) is 11.3 Å². The molecule has 4 aliphatic rings. The van der Waals surface area contributed by atoms with E-state index in [0.717, 1.165) is 49.7 Å². The van der Waals surface area contributed by atoms with Gasteiger partial charge in [0.15, 0.2) is 0 Å². The second kappa shape index (κ2) is 8.01. The van der Waals surface area contributed by atoms with Crippen LogP contribution < -0.4 is 5.32 Å². The number of ether oxygens (including phenoxy) is 1. The van der Waals surface area contributed by atoms with Gasteiger partial charge >= 0.3 is 12.3 Å². The van der Waals surface area contributed by atoms with Crippen molar-refractivity contribution in [3.63, 3.8) is 0 Å². The number of nitrogens with zero attached hydrogens (tertiary/aromatic N) is 2. The highest BCUT2D eigenvalue weighted by molar-refractivity contribution is 5.70. The van der Waals surface area contributed by atoms with Crippen molar-refractivity contribution in [3.8, 4) is 11.1 Å². The number of carbonyl (C=O) groups excluding carboxylic acids is 1. The number of halogens is 3. The molecule has 3 aliphatic heterocycles. The second-order valence-corrected chi connectivity index (χ2v) is 10.2. The zero-order chi connectivity index (χ0) is 23.4. The Kier molecular flexibility index (Phi) is 5.39. The molecule has 1 aromatic carbocycles. The first kappa shape index (κ1) is 22.2. The summed E-state index contributed by atoms with van der Waals surface area (Å²) in [6.07, 6.45) is -0.907. The lowest BCUT2D eigenvalue weighted by molar-refractivity contribution is -0.141. The van der Waals surface area contributed by atoms with Gasteiger partial charge < -0.3 is 10.1 Å². The quantitative estimate of drug-likeness (QED) is 0.685. The average Bonchev–Trinajstić information content (AvgIpc) is 3.02.